The molecule has 3 aromatic rings. The number of phenolic OH excluding ortho intramolecular Hbond substituents is 1. The van der Waals surface area contributed by atoms with Gasteiger partial charge in [-0.1, -0.05) is 35.9 Å². The second-order valence-corrected chi connectivity index (χ2v) is 8.09. The third-order valence-electron chi connectivity index (χ3n) is 5.45. The Morgan fingerprint density at radius 3 is 2.66 bits per heavy atom. The fourth-order valence-electron chi connectivity index (χ4n) is 3.69. The van der Waals surface area contributed by atoms with Crippen LogP contribution in [-0.2, 0) is 4.79 Å². The number of nitrogens with one attached hydrogen (secondary N) is 3. The SMILES string of the molecule is O=C(NCC(=O)N1CCC(Nc2ccccc2Cl)CC1)c1cc(-c2cccc(O)c2)n[nH]1. The number of carbonyl (C=O) groups is 2. The number of para-hydroxylation sites is 1. The number of benzene rings is 2. The predicted molar refractivity (Wildman–Crippen MR) is 123 cm³/mol. The Bertz CT molecular complexity index is 1110. The lowest BCUT2D eigenvalue weighted by Crippen LogP contribution is -2.46. The van der Waals surface area contributed by atoms with Crippen molar-refractivity contribution in [3.63, 3.8) is 0 Å². The zero-order valence-electron chi connectivity index (χ0n) is 17.3. The van der Waals surface area contributed by atoms with Crippen LogP contribution in [0.15, 0.2) is 54.6 Å². The number of aromatic nitrogens is 2. The van der Waals surface area contributed by atoms with E-state index in [4.69, 9.17) is 11.6 Å². The highest BCUT2D eigenvalue weighted by Crippen LogP contribution is 2.24. The van der Waals surface area contributed by atoms with Crippen LogP contribution in [0, 0.1) is 0 Å². The van der Waals surface area contributed by atoms with Crippen molar-refractivity contribution in [3.05, 3.63) is 65.3 Å². The number of likely N-dealkylation sites (tertiary alicyclic amines) is 1. The van der Waals surface area contributed by atoms with Gasteiger partial charge in [-0.2, -0.15) is 5.10 Å². The largest absolute Gasteiger partial charge is 0.508 e. The summed E-state index contributed by atoms with van der Waals surface area (Å²) in [6.45, 7) is 1.15. The highest BCUT2D eigenvalue weighted by molar-refractivity contribution is 6.33. The second-order valence-electron chi connectivity index (χ2n) is 7.68. The summed E-state index contributed by atoms with van der Waals surface area (Å²) in [5.41, 5.74) is 2.37. The fraction of sp³-hybridized carbons (Fsp3) is 0.261. The average molecular weight is 454 g/mol. The molecule has 0 atom stereocenters. The monoisotopic (exact) mass is 453 g/mol. The molecule has 4 rings (SSSR count). The smallest absolute Gasteiger partial charge is 0.269 e. The number of hydrogen-bond donors (Lipinski definition) is 4. The van der Waals surface area contributed by atoms with E-state index >= 15 is 0 Å². The highest BCUT2D eigenvalue weighted by Gasteiger charge is 2.23. The third kappa shape index (κ3) is 5.20. The second kappa shape index (κ2) is 9.74. The summed E-state index contributed by atoms with van der Waals surface area (Å²) in [5, 5.41) is 23.1. The van der Waals surface area contributed by atoms with Crippen LogP contribution in [0.25, 0.3) is 11.3 Å². The van der Waals surface area contributed by atoms with Gasteiger partial charge in [-0.25, -0.2) is 0 Å². The number of aromatic amines is 1. The first-order valence-corrected chi connectivity index (χ1v) is 10.8. The molecule has 1 aliphatic rings. The molecule has 1 aromatic heterocycles. The van der Waals surface area contributed by atoms with E-state index in [1.54, 1.807) is 35.2 Å². The van der Waals surface area contributed by atoms with Crippen molar-refractivity contribution in [2.45, 2.75) is 18.9 Å². The molecule has 0 unspecified atom stereocenters. The van der Waals surface area contributed by atoms with E-state index in [1.165, 1.54) is 0 Å². The maximum Gasteiger partial charge on any atom is 0.269 e. The number of hydrogen-bond acceptors (Lipinski definition) is 5. The van der Waals surface area contributed by atoms with Crippen molar-refractivity contribution in [2.75, 3.05) is 25.0 Å². The molecule has 32 heavy (non-hydrogen) atoms. The summed E-state index contributed by atoms with van der Waals surface area (Å²) in [4.78, 5) is 26.7. The van der Waals surface area contributed by atoms with Crippen LogP contribution in [0.1, 0.15) is 23.3 Å². The van der Waals surface area contributed by atoms with Crippen molar-refractivity contribution in [2.24, 2.45) is 0 Å². The Labute approximate surface area is 190 Å². The molecule has 2 aromatic carbocycles. The molecule has 1 aliphatic heterocycles. The Morgan fingerprint density at radius 1 is 1.12 bits per heavy atom. The van der Waals surface area contributed by atoms with Crippen molar-refractivity contribution < 1.29 is 14.7 Å². The first kappa shape index (κ1) is 21.7. The molecular formula is C23H24ClN5O3. The molecule has 9 heteroatoms. The lowest BCUT2D eigenvalue weighted by molar-refractivity contribution is -0.131. The van der Waals surface area contributed by atoms with Crippen LogP contribution in [-0.4, -0.2) is 57.7 Å². The Kier molecular flexibility index (Phi) is 6.61. The molecule has 0 aliphatic carbocycles. The number of nitrogens with zero attached hydrogens (tertiary/aromatic N) is 2. The summed E-state index contributed by atoms with van der Waals surface area (Å²) in [7, 11) is 0. The molecule has 0 saturated carbocycles. The van der Waals surface area contributed by atoms with E-state index in [9.17, 15) is 14.7 Å². The highest BCUT2D eigenvalue weighted by atomic mass is 35.5. The molecule has 166 valence electrons. The Balaban J connectivity index is 1.25. The minimum atomic E-state index is -0.410. The summed E-state index contributed by atoms with van der Waals surface area (Å²) in [6.07, 6.45) is 1.61. The van der Waals surface area contributed by atoms with Gasteiger partial charge in [0.1, 0.15) is 11.4 Å². The van der Waals surface area contributed by atoms with Gasteiger partial charge in [-0.05, 0) is 43.2 Å². The number of phenols is 1. The van der Waals surface area contributed by atoms with Gasteiger partial charge >= 0.3 is 0 Å². The van der Waals surface area contributed by atoms with Crippen LogP contribution in [0.4, 0.5) is 5.69 Å². The fourth-order valence-corrected chi connectivity index (χ4v) is 3.88. The van der Waals surface area contributed by atoms with Gasteiger partial charge in [-0.15, -0.1) is 0 Å². The minimum absolute atomic E-state index is 0.0814. The van der Waals surface area contributed by atoms with Gasteiger partial charge in [0.05, 0.1) is 22.9 Å². The summed E-state index contributed by atoms with van der Waals surface area (Å²) >= 11 is 6.20. The quantitative estimate of drug-likeness (QED) is 0.458. The summed E-state index contributed by atoms with van der Waals surface area (Å²) in [5.74, 6) is -0.414. The van der Waals surface area contributed by atoms with Crippen LogP contribution in [0.5, 0.6) is 5.75 Å². The number of amides is 2. The lowest BCUT2D eigenvalue weighted by atomic mass is 10.0. The third-order valence-corrected chi connectivity index (χ3v) is 5.78. The molecule has 1 fully saturated rings. The zero-order chi connectivity index (χ0) is 22.5. The van der Waals surface area contributed by atoms with E-state index in [1.807, 2.05) is 24.3 Å². The maximum absolute atomic E-state index is 12.5. The molecule has 0 radical (unpaired) electrons. The molecule has 4 N–H and O–H groups in total. The number of aromatic hydroxyl groups is 1. The number of anilines is 1. The van der Waals surface area contributed by atoms with E-state index in [0.717, 1.165) is 18.5 Å². The molecule has 0 bridgehead atoms. The van der Waals surface area contributed by atoms with Gasteiger partial charge in [0.15, 0.2) is 0 Å². The Morgan fingerprint density at radius 2 is 1.91 bits per heavy atom. The van der Waals surface area contributed by atoms with Crippen molar-refractivity contribution in [3.8, 4) is 17.0 Å². The first-order valence-electron chi connectivity index (χ1n) is 10.4. The standard InChI is InChI=1S/C23H24ClN5O3/c24-18-6-1-2-7-19(18)26-16-8-10-29(11-9-16)22(31)14-25-23(32)21-13-20(27-28-21)15-4-3-5-17(30)12-15/h1-7,12-13,16,26,30H,8-11,14H2,(H,25,32)(H,27,28). The Hall–Kier alpha value is -3.52. The van der Waals surface area contributed by atoms with Crippen molar-refractivity contribution in [1.82, 2.24) is 20.4 Å². The minimum Gasteiger partial charge on any atom is -0.508 e. The van der Waals surface area contributed by atoms with E-state index in [2.05, 4.69) is 20.8 Å². The van der Waals surface area contributed by atoms with Crippen LogP contribution in [0.3, 0.4) is 0 Å². The van der Waals surface area contributed by atoms with Gasteiger partial charge in [0.25, 0.3) is 5.91 Å². The van der Waals surface area contributed by atoms with Crippen LogP contribution in [0.2, 0.25) is 5.02 Å². The first-order chi connectivity index (χ1) is 15.5. The van der Waals surface area contributed by atoms with Gasteiger partial charge in [0.2, 0.25) is 5.91 Å². The van der Waals surface area contributed by atoms with Gasteiger partial charge < -0.3 is 20.6 Å². The summed E-state index contributed by atoms with van der Waals surface area (Å²) < 4.78 is 0. The zero-order valence-corrected chi connectivity index (χ0v) is 18.1. The van der Waals surface area contributed by atoms with Gasteiger partial charge in [-0.3, -0.25) is 14.7 Å². The van der Waals surface area contributed by atoms with Crippen LogP contribution >= 0.6 is 11.6 Å². The molecule has 1 saturated heterocycles. The molecular weight excluding hydrogens is 430 g/mol. The van der Waals surface area contributed by atoms with E-state index < -0.39 is 5.91 Å². The topological polar surface area (TPSA) is 110 Å². The number of carbonyl (C=O) groups excluding carboxylic acids is 2. The number of halogens is 1. The number of rotatable bonds is 6. The molecule has 2 heterocycles. The maximum atomic E-state index is 12.5. The molecule has 0 spiro atoms. The average Bonchev–Trinajstić information content (AvgIpc) is 3.30. The molecule has 8 nitrogen and oxygen atoms in total. The van der Waals surface area contributed by atoms with Crippen molar-refractivity contribution >= 4 is 29.1 Å². The van der Waals surface area contributed by atoms with Crippen molar-refractivity contribution in [1.29, 1.82) is 0 Å². The number of H-pyrrole nitrogens is 1. The normalized spacial score (nSPS) is 14.2. The van der Waals surface area contributed by atoms with Gasteiger partial charge in [0, 0.05) is 24.7 Å². The van der Waals surface area contributed by atoms with E-state index in [-0.39, 0.29) is 29.9 Å². The van der Waals surface area contributed by atoms with Crippen LogP contribution < -0.4 is 10.6 Å². The number of piperidine rings is 1. The van der Waals surface area contributed by atoms with E-state index in [0.29, 0.717) is 29.4 Å². The predicted octanol–water partition coefficient (Wildman–Crippen LogP) is 3.27. The molecule has 2 amide bonds. The lowest BCUT2D eigenvalue weighted by Gasteiger charge is -2.33. The summed E-state index contributed by atoms with van der Waals surface area (Å²) in [6, 6.07) is 16.0.